The van der Waals surface area contributed by atoms with Gasteiger partial charge in [-0.1, -0.05) is 60.7 Å². The molecule has 0 saturated carbocycles. The normalized spacial score (nSPS) is 17.8. The van der Waals surface area contributed by atoms with Crippen LogP contribution in [0.5, 0.6) is 11.5 Å². The molecule has 0 unspecified atom stereocenters. The molecule has 2 atom stereocenters. The zero-order valence-electron chi connectivity index (χ0n) is 21.5. The Bertz CT molecular complexity index is 2180. The van der Waals surface area contributed by atoms with Crippen LogP contribution in [0, 0.1) is 0 Å². The minimum absolute atomic E-state index is 0.0681. The summed E-state index contributed by atoms with van der Waals surface area (Å²) in [7, 11) is 0. The minimum atomic E-state index is 0.0681. The van der Waals surface area contributed by atoms with Crippen LogP contribution >= 0.6 is 0 Å². The van der Waals surface area contributed by atoms with E-state index in [-0.39, 0.29) is 12.1 Å². The molecule has 5 nitrogen and oxygen atoms in total. The Kier molecular flexibility index (Phi) is 4.44. The lowest BCUT2D eigenvalue weighted by Crippen LogP contribution is -2.13. The lowest BCUT2D eigenvalue weighted by molar-refractivity contribution is 0.206. The zero-order valence-corrected chi connectivity index (χ0v) is 21.5. The van der Waals surface area contributed by atoms with E-state index >= 15 is 0 Å². The summed E-state index contributed by atoms with van der Waals surface area (Å²) in [4.78, 5) is 9.99. The highest BCUT2D eigenvalue weighted by atomic mass is 16.5. The van der Waals surface area contributed by atoms with Gasteiger partial charge in [-0.15, -0.1) is 0 Å². The maximum absolute atomic E-state index is 6.42. The van der Waals surface area contributed by atoms with Gasteiger partial charge in [-0.2, -0.15) is 0 Å². The quantitative estimate of drug-likeness (QED) is 0.223. The number of aliphatic imine (C=N–C) groups is 1. The third kappa shape index (κ3) is 3.15. The molecule has 1 aliphatic heterocycles. The Labute approximate surface area is 229 Å². The van der Waals surface area contributed by atoms with Crippen molar-refractivity contribution in [3.63, 3.8) is 0 Å². The number of hydrogen-bond acceptors (Lipinski definition) is 4. The number of aromatic nitrogens is 2. The van der Waals surface area contributed by atoms with Crippen LogP contribution in [0.4, 0.5) is 0 Å². The van der Waals surface area contributed by atoms with E-state index in [1.807, 2.05) is 36.4 Å². The van der Waals surface area contributed by atoms with Gasteiger partial charge in [0.1, 0.15) is 29.3 Å². The van der Waals surface area contributed by atoms with E-state index in [0.29, 0.717) is 5.90 Å². The maximum atomic E-state index is 6.42. The summed E-state index contributed by atoms with van der Waals surface area (Å²) >= 11 is 0. The lowest BCUT2D eigenvalue weighted by atomic mass is 10.1. The van der Waals surface area contributed by atoms with E-state index in [2.05, 4.69) is 83.3 Å². The summed E-state index contributed by atoms with van der Waals surface area (Å²) < 4.78 is 15.0. The molecule has 0 saturated heterocycles. The van der Waals surface area contributed by atoms with Crippen LogP contribution in [-0.2, 0) is 11.2 Å². The first-order chi connectivity index (χ1) is 19.8. The topological polar surface area (TPSA) is 48.1 Å². The summed E-state index contributed by atoms with van der Waals surface area (Å²) in [5.74, 6) is 2.19. The molecule has 0 amide bonds. The summed E-state index contributed by atoms with van der Waals surface area (Å²) in [6.07, 6.45) is 0.965. The number of fused-ring (bicyclic) bond motifs is 11. The highest BCUT2D eigenvalue weighted by Crippen LogP contribution is 2.41. The van der Waals surface area contributed by atoms with Crippen molar-refractivity contribution in [2.45, 2.75) is 18.6 Å². The molecule has 190 valence electrons. The van der Waals surface area contributed by atoms with Gasteiger partial charge in [0, 0.05) is 22.8 Å². The van der Waals surface area contributed by atoms with Crippen molar-refractivity contribution < 1.29 is 9.47 Å². The largest absolute Gasteiger partial charge is 0.471 e. The number of benzene rings is 5. The molecule has 0 fully saturated rings. The van der Waals surface area contributed by atoms with Gasteiger partial charge < -0.3 is 9.47 Å². The Morgan fingerprint density at radius 1 is 0.700 bits per heavy atom. The SMILES string of the molecule is c1cc(Oc2ccc3c4ccccc4n4c5ccccc5nc4c3c2)cc(C2=N[C@@H]3c4ccccc4C[C@@H]3O2)c1. The van der Waals surface area contributed by atoms with Crippen molar-refractivity contribution in [3.05, 3.63) is 132 Å². The van der Waals surface area contributed by atoms with E-state index in [1.54, 1.807) is 0 Å². The van der Waals surface area contributed by atoms with Crippen LogP contribution in [0.25, 0.3) is 38.4 Å². The summed E-state index contributed by atoms with van der Waals surface area (Å²) in [6.45, 7) is 0. The second-order valence-electron chi connectivity index (χ2n) is 10.6. The molecule has 3 heterocycles. The smallest absolute Gasteiger partial charge is 0.217 e. The van der Waals surface area contributed by atoms with Gasteiger partial charge in [0.15, 0.2) is 0 Å². The number of rotatable bonds is 3. The van der Waals surface area contributed by atoms with Gasteiger partial charge in [0.25, 0.3) is 0 Å². The molecule has 1 aliphatic carbocycles. The van der Waals surface area contributed by atoms with Crippen LogP contribution in [0.2, 0.25) is 0 Å². The number of para-hydroxylation sites is 3. The van der Waals surface area contributed by atoms with Crippen LogP contribution in [0.15, 0.2) is 120 Å². The molecule has 0 N–H and O–H groups in total. The number of pyridine rings is 1. The second-order valence-corrected chi connectivity index (χ2v) is 10.6. The van der Waals surface area contributed by atoms with E-state index in [1.165, 1.54) is 16.5 Å². The fraction of sp³-hybridized carbons (Fsp3) is 0.0857. The predicted octanol–water partition coefficient (Wildman–Crippen LogP) is 8.03. The van der Waals surface area contributed by atoms with Gasteiger partial charge in [0.05, 0.1) is 16.6 Å². The highest BCUT2D eigenvalue weighted by molar-refractivity contribution is 6.14. The maximum Gasteiger partial charge on any atom is 0.217 e. The molecule has 0 spiro atoms. The van der Waals surface area contributed by atoms with Gasteiger partial charge in [-0.25, -0.2) is 9.98 Å². The van der Waals surface area contributed by atoms with Crippen LogP contribution < -0.4 is 4.74 Å². The number of imidazole rings is 1. The molecular weight excluding hydrogens is 494 g/mol. The van der Waals surface area contributed by atoms with E-state index in [0.717, 1.165) is 56.5 Å². The fourth-order valence-electron chi connectivity index (χ4n) is 6.42. The van der Waals surface area contributed by atoms with Crippen molar-refractivity contribution >= 4 is 44.3 Å². The molecule has 2 aromatic heterocycles. The average molecular weight is 518 g/mol. The number of ether oxygens (including phenoxy) is 2. The van der Waals surface area contributed by atoms with Gasteiger partial charge in [-0.05, 0) is 71.1 Å². The van der Waals surface area contributed by atoms with Gasteiger partial charge in [0.2, 0.25) is 5.90 Å². The Morgan fingerprint density at radius 2 is 1.52 bits per heavy atom. The van der Waals surface area contributed by atoms with E-state index in [4.69, 9.17) is 19.5 Å². The van der Waals surface area contributed by atoms with E-state index < -0.39 is 0 Å². The van der Waals surface area contributed by atoms with Crippen LogP contribution in [0.3, 0.4) is 0 Å². The molecule has 5 aromatic carbocycles. The van der Waals surface area contributed by atoms with Crippen LogP contribution in [0.1, 0.15) is 22.7 Å². The monoisotopic (exact) mass is 517 g/mol. The average Bonchev–Trinajstić information content (AvgIpc) is 3.69. The van der Waals surface area contributed by atoms with Crippen molar-refractivity contribution in [3.8, 4) is 11.5 Å². The highest BCUT2D eigenvalue weighted by Gasteiger charge is 2.39. The number of hydrogen-bond donors (Lipinski definition) is 0. The van der Waals surface area contributed by atoms with Gasteiger partial charge in [-0.3, -0.25) is 4.40 Å². The first kappa shape index (κ1) is 21.7. The first-order valence-electron chi connectivity index (χ1n) is 13.6. The summed E-state index contributed by atoms with van der Waals surface area (Å²) in [6, 6.07) is 39.6. The molecule has 0 radical (unpaired) electrons. The Hall–Kier alpha value is -5.16. The standard InChI is InChI=1S/C35H23N3O2/c1-2-11-25-21(8-1)19-32-33(25)37-35(40-32)22-9-7-10-23(18-22)39-24-16-17-26-27-12-3-5-14-30(27)38-31-15-6-4-13-29(31)36-34(38)28(26)20-24/h1-18,20,32-33H,19H2/t32-,33+/m0/s1. The van der Waals surface area contributed by atoms with Crippen molar-refractivity contribution in [2.24, 2.45) is 4.99 Å². The predicted molar refractivity (Wildman–Crippen MR) is 159 cm³/mol. The summed E-state index contributed by atoms with van der Waals surface area (Å²) in [5, 5.41) is 3.39. The lowest BCUT2D eigenvalue weighted by Gasteiger charge is -2.12. The minimum Gasteiger partial charge on any atom is -0.471 e. The van der Waals surface area contributed by atoms with Gasteiger partial charge >= 0.3 is 0 Å². The molecule has 0 bridgehead atoms. The zero-order chi connectivity index (χ0) is 26.2. The number of nitrogens with zero attached hydrogens (tertiary/aromatic N) is 3. The van der Waals surface area contributed by atoms with Crippen molar-refractivity contribution in [2.75, 3.05) is 0 Å². The third-order valence-electron chi connectivity index (χ3n) is 8.21. The molecule has 5 heteroatoms. The molecular formula is C35H23N3O2. The van der Waals surface area contributed by atoms with Crippen LogP contribution in [-0.4, -0.2) is 21.4 Å². The Balaban J connectivity index is 1.12. The van der Waals surface area contributed by atoms with E-state index in [9.17, 15) is 0 Å². The molecule has 40 heavy (non-hydrogen) atoms. The third-order valence-corrected chi connectivity index (χ3v) is 8.21. The first-order valence-corrected chi connectivity index (χ1v) is 13.6. The second kappa shape index (κ2) is 8.17. The molecule has 2 aliphatic rings. The molecule has 9 rings (SSSR count). The summed E-state index contributed by atoms with van der Waals surface area (Å²) in [5.41, 5.74) is 7.68. The van der Waals surface area contributed by atoms with Crippen molar-refractivity contribution in [1.29, 1.82) is 0 Å². The fourth-order valence-corrected chi connectivity index (χ4v) is 6.42. The molecule has 7 aromatic rings. The Morgan fingerprint density at radius 3 is 2.50 bits per heavy atom. The van der Waals surface area contributed by atoms with Crippen molar-refractivity contribution in [1.82, 2.24) is 9.38 Å².